The van der Waals surface area contributed by atoms with Crippen LogP contribution in [0.15, 0.2) is 12.1 Å². The lowest BCUT2D eigenvalue weighted by molar-refractivity contribution is -0.136. The Morgan fingerprint density at radius 3 is 2.46 bits per heavy atom. The predicted molar refractivity (Wildman–Crippen MR) is 52.0 cm³/mol. The molecule has 0 bridgehead atoms. The van der Waals surface area contributed by atoms with Crippen LogP contribution in [0.5, 0.6) is 0 Å². The van der Waals surface area contributed by atoms with Gasteiger partial charge in [0.2, 0.25) is 0 Å². The van der Waals surface area contributed by atoms with Crippen LogP contribution in [0.3, 0.4) is 0 Å². The molecular formula is C11H14O2. The summed E-state index contributed by atoms with van der Waals surface area (Å²) in [6.45, 7) is 5.96. The van der Waals surface area contributed by atoms with Crippen LogP contribution >= 0.6 is 0 Å². The Balaban J connectivity index is 3.12. The van der Waals surface area contributed by atoms with E-state index in [0.29, 0.717) is 0 Å². The van der Waals surface area contributed by atoms with Crippen LogP contribution < -0.4 is 0 Å². The molecule has 0 radical (unpaired) electrons. The maximum absolute atomic E-state index is 10.5. The highest BCUT2D eigenvalue weighted by Gasteiger charge is 2.06. The van der Waals surface area contributed by atoms with E-state index in [0.717, 1.165) is 22.3 Å². The highest BCUT2D eigenvalue weighted by molar-refractivity contribution is 5.71. The van der Waals surface area contributed by atoms with Gasteiger partial charge in [-0.25, -0.2) is 0 Å². The largest absolute Gasteiger partial charge is 0.481 e. The lowest BCUT2D eigenvalue weighted by Gasteiger charge is -2.07. The van der Waals surface area contributed by atoms with E-state index in [1.165, 1.54) is 0 Å². The molecule has 2 nitrogen and oxygen atoms in total. The number of carboxylic acid groups (broad SMARTS) is 1. The molecule has 0 aromatic heterocycles. The van der Waals surface area contributed by atoms with E-state index in [-0.39, 0.29) is 6.42 Å². The standard InChI is InChI=1S/C11H14O2/c1-7-4-8(2)9(3)10(5-7)6-11(12)13/h4-5H,6H2,1-3H3,(H,12,13). The van der Waals surface area contributed by atoms with Gasteiger partial charge in [0, 0.05) is 0 Å². The van der Waals surface area contributed by atoms with Gasteiger partial charge in [0.25, 0.3) is 0 Å². The lowest BCUT2D eigenvalue weighted by Crippen LogP contribution is -2.03. The first-order valence-corrected chi connectivity index (χ1v) is 4.29. The van der Waals surface area contributed by atoms with E-state index in [2.05, 4.69) is 6.07 Å². The average molecular weight is 178 g/mol. The molecule has 0 spiro atoms. The number of hydrogen-bond donors (Lipinski definition) is 1. The first kappa shape index (κ1) is 9.78. The lowest BCUT2D eigenvalue weighted by atomic mass is 9.98. The fourth-order valence-electron chi connectivity index (χ4n) is 1.47. The highest BCUT2D eigenvalue weighted by Crippen LogP contribution is 2.16. The van der Waals surface area contributed by atoms with E-state index in [1.807, 2.05) is 26.8 Å². The first-order valence-electron chi connectivity index (χ1n) is 4.29. The molecule has 0 heterocycles. The number of rotatable bonds is 2. The summed E-state index contributed by atoms with van der Waals surface area (Å²) in [5.74, 6) is -0.770. The number of hydrogen-bond acceptors (Lipinski definition) is 1. The summed E-state index contributed by atoms with van der Waals surface area (Å²) in [6.07, 6.45) is 0.119. The minimum absolute atomic E-state index is 0.119. The summed E-state index contributed by atoms with van der Waals surface area (Å²) >= 11 is 0. The molecule has 13 heavy (non-hydrogen) atoms. The molecule has 70 valence electrons. The molecule has 0 unspecified atom stereocenters. The van der Waals surface area contributed by atoms with Gasteiger partial charge >= 0.3 is 5.97 Å². The third kappa shape index (κ3) is 2.31. The van der Waals surface area contributed by atoms with Crippen LogP contribution in [0.25, 0.3) is 0 Å². The Hall–Kier alpha value is -1.31. The van der Waals surface area contributed by atoms with E-state index < -0.39 is 5.97 Å². The molecule has 0 saturated heterocycles. The van der Waals surface area contributed by atoms with Crippen LogP contribution in [-0.2, 0) is 11.2 Å². The van der Waals surface area contributed by atoms with Crippen molar-refractivity contribution in [3.05, 3.63) is 34.4 Å². The number of aryl methyl sites for hydroxylation is 2. The summed E-state index contributed by atoms with van der Waals surface area (Å²) < 4.78 is 0. The summed E-state index contributed by atoms with van der Waals surface area (Å²) in [5, 5.41) is 8.67. The van der Waals surface area contributed by atoms with Crippen LogP contribution in [0.2, 0.25) is 0 Å². The SMILES string of the molecule is Cc1cc(C)c(C)c(CC(=O)O)c1. The van der Waals surface area contributed by atoms with Crippen LogP contribution in [0.1, 0.15) is 22.3 Å². The third-order valence-electron chi connectivity index (χ3n) is 2.26. The second-order valence-corrected chi connectivity index (χ2v) is 3.44. The molecule has 0 aliphatic heterocycles. The van der Waals surface area contributed by atoms with E-state index in [4.69, 9.17) is 5.11 Å². The van der Waals surface area contributed by atoms with Gasteiger partial charge < -0.3 is 5.11 Å². The van der Waals surface area contributed by atoms with Crippen LogP contribution in [0.4, 0.5) is 0 Å². The van der Waals surface area contributed by atoms with Gasteiger partial charge in [0.1, 0.15) is 0 Å². The molecular weight excluding hydrogens is 164 g/mol. The highest BCUT2D eigenvalue weighted by atomic mass is 16.4. The molecule has 0 aliphatic rings. The van der Waals surface area contributed by atoms with E-state index in [9.17, 15) is 4.79 Å². The fourth-order valence-corrected chi connectivity index (χ4v) is 1.47. The Labute approximate surface area is 78.2 Å². The molecule has 0 aliphatic carbocycles. The zero-order chi connectivity index (χ0) is 10.0. The van der Waals surface area contributed by atoms with Crippen molar-refractivity contribution < 1.29 is 9.90 Å². The smallest absolute Gasteiger partial charge is 0.307 e. The average Bonchev–Trinajstić information content (AvgIpc) is 1.98. The molecule has 1 rings (SSSR count). The Morgan fingerprint density at radius 2 is 1.92 bits per heavy atom. The van der Waals surface area contributed by atoms with Crippen molar-refractivity contribution in [2.45, 2.75) is 27.2 Å². The van der Waals surface area contributed by atoms with Gasteiger partial charge in [-0.2, -0.15) is 0 Å². The van der Waals surface area contributed by atoms with Crippen LogP contribution in [-0.4, -0.2) is 11.1 Å². The maximum atomic E-state index is 10.5. The van der Waals surface area contributed by atoms with Gasteiger partial charge in [0.15, 0.2) is 0 Å². The molecule has 1 aromatic rings. The molecule has 2 heteroatoms. The first-order chi connectivity index (χ1) is 6.00. The van der Waals surface area contributed by atoms with Crippen molar-refractivity contribution in [3.8, 4) is 0 Å². The summed E-state index contributed by atoms with van der Waals surface area (Å²) in [5.41, 5.74) is 4.30. The Kier molecular flexibility index (Phi) is 2.71. The fraction of sp³-hybridized carbons (Fsp3) is 0.364. The number of aliphatic carboxylic acids is 1. The van der Waals surface area contributed by atoms with Crippen LogP contribution in [0, 0.1) is 20.8 Å². The Morgan fingerprint density at radius 1 is 1.31 bits per heavy atom. The summed E-state index contributed by atoms with van der Waals surface area (Å²) in [6, 6.07) is 4.01. The molecule has 0 fully saturated rings. The van der Waals surface area contributed by atoms with Gasteiger partial charge in [-0.05, 0) is 37.5 Å². The minimum atomic E-state index is -0.770. The molecule has 0 atom stereocenters. The topological polar surface area (TPSA) is 37.3 Å². The predicted octanol–water partition coefficient (Wildman–Crippen LogP) is 2.24. The third-order valence-corrected chi connectivity index (χ3v) is 2.26. The van der Waals surface area contributed by atoms with Crippen molar-refractivity contribution in [2.24, 2.45) is 0 Å². The van der Waals surface area contributed by atoms with Gasteiger partial charge in [0.05, 0.1) is 6.42 Å². The maximum Gasteiger partial charge on any atom is 0.307 e. The molecule has 1 aromatic carbocycles. The van der Waals surface area contributed by atoms with Crippen molar-refractivity contribution in [1.82, 2.24) is 0 Å². The normalized spacial score (nSPS) is 10.1. The van der Waals surface area contributed by atoms with E-state index in [1.54, 1.807) is 0 Å². The number of carboxylic acids is 1. The van der Waals surface area contributed by atoms with Crippen molar-refractivity contribution in [2.75, 3.05) is 0 Å². The number of benzene rings is 1. The summed E-state index contributed by atoms with van der Waals surface area (Å²) in [4.78, 5) is 10.5. The van der Waals surface area contributed by atoms with Gasteiger partial charge in [-0.1, -0.05) is 17.7 Å². The zero-order valence-corrected chi connectivity index (χ0v) is 8.22. The second-order valence-electron chi connectivity index (χ2n) is 3.44. The van der Waals surface area contributed by atoms with Crippen molar-refractivity contribution in [1.29, 1.82) is 0 Å². The quantitative estimate of drug-likeness (QED) is 0.754. The monoisotopic (exact) mass is 178 g/mol. The van der Waals surface area contributed by atoms with Gasteiger partial charge in [-0.15, -0.1) is 0 Å². The number of carbonyl (C=O) groups is 1. The molecule has 0 saturated carbocycles. The Bertz CT molecular complexity index is 340. The van der Waals surface area contributed by atoms with Crippen molar-refractivity contribution in [3.63, 3.8) is 0 Å². The second kappa shape index (κ2) is 3.60. The molecule has 0 amide bonds. The van der Waals surface area contributed by atoms with Gasteiger partial charge in [-0.3, -0.25) is 4.79 Å². The zero-order valence-electron chi connectivity index (χ0n) is 8.22. The van der Waals surface area contributed by atoms with Crippen molar-refractivity contribution >= 4 is 5.97 Å². The molecule has 1 N–H and O–H groups in total. The summed E-state index contributed by atoms with van der Waals surface area (Å²) in [7, 11) is 0. The minimum Gasteiger partial charge on any atom is -0.481 e. The van der Waals surface area contributed by atoms with E-state index >= 15 is 0 Å².